The van der Waals surface area contributed by atoms with E-state index in [0.29, 0.717) is 16.3 Å². The van der Waals surface area contributed by atoms with Gasteiger partial charge in [0.05, 0.1) is 21.3 Å². The molecule has 1 atom stereocenters. The van der Waals surface area contributed by atoms with Crippen LogP contribution in [0.2, 0.25) is 10.0 Å². The summed E-state index contributed by atoms with van der Waals surface area (Å²) in [5, 5.41) is 0.499. The first-order chi connectivity index (χ1) is 14.3. The Morgan fingerprint density at radius 1 is 1.10 bits per heavy atom. The molecule has 2 aromatic carbocycles. The van der Waals surface area contributed by atoms with E-state index in [0.717, 1.165) is 0 Å². The van der Waals surface area contributed by atoms with E-state index in [4.69, 9.17) is 27.9 Å². The minimum Gasteiger partial charge on any atom is -0.454 e. The van der Waals surface area contributed by atoms with E-state index in [1.54, 1.807) is 24.3 Å². The molecule has 0 aromatic heterocycles. The van der Waals surface area contributed by atoms with Crippen LogP contribution >= 0.6 is 23.2 Å². The fourth-order valence-corrected chi connectivity index (χ4v) is 4.19. The van der Waals surface area contributed by atoms with Gasteiger partial charge in [0.25, 0.3) is 5.91 Å². The fourth-order valence-electron chi connectivity index (χ4n) is 3.89. The molecule has 0 aliphatic carbocycles. The third kappa shape index (κ3) is 2.97. The number of carbonyl (C=O) groups is 4. The number of benzene rings is 2. The number of amides is 2. The van der Waals surface area contributed by atoms with Gasteiger partial charge in [-0.2, -0.15) is 0 Å². The van der Waals surface area contributed by atoms with Crippen molar-refractivity contribution >= 4 is 52.5 Å². The molecule has 2 aliphatic heterocycles. The summed E-state index contributed by atoms with van der Waals surface area (Å²) in [5.41, 5.74) is -0.714. The van der Waals surface area contributed by atoms with E-state index in [2.05, 4.69) is 0 Å². The summed E-state index contributed by atoms with van der Waals surface area (Å²) in [6.07, 6.45) is 0.143. The molecule has 9 heteroatoms. The molecule has 0 saturated carbocycles. The molecule has 2 aliphatic rings. The Morgan fingerprint density at radius 2 is 1.83 bits per heavy atom. The Bertz CT molecular complexity index is 1100. The van der Waals surface area contributed by atoms with Crippen LogP contribution < -0.4 is 4.90 Å². The fraction of sp³-hybridized carbons (Fsp3) is 0.238. The smallest absolute Gasteiger partial charge is 0.354 e. The van der Waals surface area contributed by atoms with E-state index in [-0.39, 0.29) is 29.3 Å². The van der Waals surface area contributed by atoms with Gasteiger partial charge in [0.2, 0.25) is 11.6 Å². The van der Waals surface area contributed by atoms with Crippen molar-refractivity contribution in [3.63, 3.8) is 0 Å². The lowest BCUT2D eigenvalue weighted by atomic mass is 9.97. The molecule has 0 spiro atoms. The SMILES string of the molecule is CN1C(=O)c2ccccc2N2C(=O)CCC12C(=O)OCC(=O)c1ccc(Cl)c(Cl)c1. The molecule has 1 unspecified atom stereocenters. The van der Waals surface area contributed by atoms with Crippen molar-refractivity contribution in [2.24, 2.45) is 0 Å². The Hall–Kier alpha value is -2.90. The van der Waals surface area contributed by atoms with Gasteiger partial charge in [0, 0.05) is 25.5 Å². The number of Topliss-reactive ketones (excluding diaryl/α,β-unsaturated/α-hetero) is 1. The maximum atomic E-state index is 13.2. The molecule has 30 heavy (non-hydrogen) atoms. The van der Waals surface area contributed by atoms with Crippen LogP contribution in [0.3, 0.4) is 0 Å². The lowest BCUT2D eigenvalue weighted by Gasteiger charge is -2.46. The lowest BCUT2D eigenvalue weighted by molar-refractivity contribution is -0.155. The highest BCUT2D eigenvalue weighted by Crippen LogP contribution is 2.44. The maximum Gasteiger partial charge on any atom is 0.354 e. The summed E-state index contributed by atoms with van der Waals surface area (Å²) in [6, 6.07) is 10.9. The van der Waals surface area contributed by atoms with Crippen molar-refractivity contribution in [1.29, 1.82) is 0 Å². The summed E-state index contributed by atoms with van der Waals surface area (Å²) in [6.45, 7) is -0.565. The number of hydrogen-bond acceptors (Lipinski definition) is 5. The van der Waals surface area contributed by atoms with Crippen LogP contribution in [0.4, 0.5) is 5.69 Å². The average molecular weight is 447 g/mol. The number of carbonyl (C=O) groups excluding carboxylic acids is 4. The average Bonchev–Trinajstić information content (AvgIpc) is 3.10. The van der Waals surface area contributed by atoms with Gasteiger partial charge in [-0.05, 0) is 30.3 Å². The number of ketones is 1. The van der Waals surface area contributed by atoms with Crippen LogP contribution in [0.25, 0.3) is 0 Å². The molecular formula is C21H16Cl2N2O5. The van der Waals surface area contributed by atoms with E-state index in [1.807, 2.05) is 0 Å². The molecular weight excluding hydrogens is 431 g/mol. The van der Waals surface area contributed by atoms with Crippen molar-refractivity contribution in [1.82, 2.24) is 4.90 Å². The second kappa shape index (κ2) is 7.41. The third-order valence-electron chi connectivity index (χ3n) is 5.44. The number of anilines is 1. The van der Waals surface area contributed by atoms with Crippen LogP contribution in [0.5, 0.6) is 0 Å². The van der Waals surface area contributed by atoms with E-state index in [1.165, 1.54) is 35.0 Å². The van der Waals surface area contributed by atoms with Crippen LogP contribution in [0.15, 0.2) is 42.5 Å². The summed E-state index contributed by atoms with van der Waals surface area (Å²) in [5.74, 6) is -2.02. The van der Waals surface area contributed by atoms with Gasteiger partial charge in [0.1, 0.15) is 0 Å². The Balaban J connectivity index is 1.62. The molecule has 2 amide bonds. The van der Waals surface area contributed by atoms with Gasteiger partial charge < -0.3 is 9.64 Å². The molecule has 1 saturated heterocycles. The number of esters is 1. The first-order valence-electron chi connectivity index (χ1n) is 9.13. The quantitative estimate of drug-likeness (QED) is 0.531. The van der Waals surface area contributed by atoms with Crippen molar-refractivity contribution in [2.45, 2.75) is 18.5 Å². The molecule has 7 nitrogen and oxygen atoms in total. The minimum absolute atomic E-state index is 0.0712. The molecule has 2 aromatic rings. The predicted octanol–water partition coefficient (Wildman–Crippen LogP) is 3.33. The lowest BCUT2D eigenvalue weighted by Crippen LogP contribution is -2.67. The van der Waals surface area contributed by atoms with Crippen LogP contribution in [-0.4, -0.2) is 47.8 Å². The molecule has 154 valence electrons. The number of nitrogens with zero attached hydrogens (tertiary/aromatic N) is 2. The molecule has 0 N–H and O–H groups in total. The maximum absolute atomic E-state index is 13.2. The Kier molecular flexibility index (Phi) is 5.03. The topological polar surface area (TPSA) is 84.0 Å². The molecule has 0 radical (unpaired) electrons. The van der Waals surface area contributed by atoms with E-state index in [9.17, 15) is 19.2 Å². The second-order valence-corrected chi connectivity index (χ2v) is 7.87. The zero-order valence-electron chi connectivity index (χ0n) is 15.9. The Labute approximate surface area is 182 Å². The summed E-state index contributed by atoms with van der Waals surface area (Å²) < 4.78 is 5.30. The van der Waals surface area contributed by atoms with Crippen molar-refractivity contribution in [2.75, 3.05) is 18.6 Å². The highest BCUT2D eigenvalue weighted by molar-refractivity contribution is 6.42. The number of halogens is 2. The highest BCUT2D eigenvalue weighted by Gasteiger charge is 2.60. The van der Waals surface area contributed by atoms with Gasteiger partial charge in [-0.15, -0.1) is 0 Å². The van der Waals surface area contributed by atoms with Crippen LogP contribution in [-0.2, 0) is 14.3 Å². The van der Waals surface area contributed by atoms with Gasteiger partial charge in [-0.25, -0.2) is 4.79 Å². The van der Waals surface area contributed by atoms with Gasteiger partial charge in [-0.1, -0.05) is 35.3 Å². The van der Waals surface area contributed by atoms with Crippen molar-refractivity contribution in [3.8, 4) is 0 Å². The third-order valence-corrected chi connectivity index (χ3v) is 6.18. The summed E-state index contributed by atoms with van der Waals surface area (Å²) in [4.78, 5) is 53.7. The zero-order valence-corrected chi connectivity index (χ0v) is 17.4. The normalized spacial score (nSPS) is 20.1. The first-order valence-corrected chi connectivity index (χ1v) is 9.88. The standard InChI is InChI=1S/C21H16Cl2N2O5/c1-24-19(28)13-4-2-3-5-16(13)25-18(27)8-9-21(24,25)20(29)30-11-17(26)12-6-7-14(22)15(23)10-12/h2-7,10H,8-9,11H2,1H3. The van der Waals surface area contributed by atoms with Gasteiger partial charge in [-0.3, -0.25) is 19.3 Å². The van der Waals surface area contributed by atoms with Gasteiger partial charge >= 0.3 is 5.97 Å². The van der Waals surface area contributed by atoms with Crippen molar-refractivity contribution in [3.05, 3.63) is 63.6 Å². The minimum atomic E-state index is -1.62. The highest BCUT2D eigenvalue weighted by atomic mass is 35.5. The number of ether oxygens (including phenoxy) is 1. The van der Waals surface area contributed by atoms with E-state index < -0.39 is 29.9 Å². The number of likely N-dealkylation sites (N-methyl/N-ethyl adjacent to an activating group) is 1. The first kappa shape index (κ1) is 20.4. The van der Waals surface area contributed by atoms with E-state index >= 15 is 0 Å². The Morgan fingerprint density at radius 3 is 2.57 bits per heavy atom. The van der Waals surface area contributed by atoms with Crippen LogP contribution in [0, 0.1) is 0 Å². The molecule has 4 rings (SSSR count). The monoisotopic (exact) mass is 446 g/mol. The number of hydrogen-bond donors (Lipinski definition) is 0. The molecule has 2 heterocycles. The zero-order chi connectivity index (χ0) is 21.6. The number of fused-ring (bicyclic) bond motifs is 3. The largest absolute Gasteiger partial charge is 0.454 e. The van der Waals surface area contributed by atoms with Gasteiger partial charge in [0.15, 0.2) is 12.4 Å². The number of rotatable bonds is 4. The molecule has 0 bridgehead atoms. The second-order valence-electron chi connectivity index (χ2n) is 7.06. The predicted molar refractivity (Wildman–Crippen MR) is 110 cm³/mol. The number of para-hydroxylation sites is 1. The van der Waals surface area contributed by atoms with Crippen LogP contribution in [0.1, 0.15) is 33.6 Å². The summed E-state index contributed by atoms with van der Waals surface area (Å²) in [7, 11) is 1.45. The van der Waals surface area contributed by atoms with Crippen molar-refractivity contribution < 1.29 is 23.9 Å². The summed E-state index contributed by atoms with van der Waals surface area (Å²) >= 11 is 11.8. The molecule has 1 fully saturated rings.